The summed E-state index contributed by atoms with van der Waals surface area (Å²) in [6.07, 6.45) is -3.54. The van der Waals surface area contributed by atoms with Gasteiger partial charge in [0.2, 0.25) is 17.4 Å². The van der Waals surface area contributed by atoms with Gasteiger partial charge >= 0.3 is 24.2 Å². The third-order valence-electron chi connectivity index (χ3n) is 8.28. The number of methoxy groups -OCH3 is 3. The fraction of sp³-hybridized carbons (Fsp3) is 0.316. The maximum Gasteiger partial charge on any atom is 0.513 e. The molecule has 0 atom stereocenters. The van der Waals surface area contributed by atoms with Crippen molar-refractivity contribution in [1.82, 2.24) is 14.4 Å². The molecule has 4 rings (SSSR count). The van der Waals surface area contributed by atoms with Crippen LogP contribution in [0.2, 0.25) is 0 Å². The zero-order valence-electron chi connectivity index (χ0n) is 33.3. The summed E-state index contributed by atoms with van der Waals surface area (Å²) in [6.45, 7) is -1.46. The van der Waals surface area contributed by atoms with E-state index in [9.17, 15) is 38.4 Å². The number of carbonyl (C=O) groups is 6. The third-order valence-corrected chi connectivity index (χ3v) is 8.28. The number of aromatic nitrogens is 1. The first-order valence-electron chi connectivity index (χ1n) is 17.8. The van der Waals surface area contributed by atoms with E-state index in [1.807, 2.05) is 0 Å². The number of nitrogens with zero attached hydrogens (tertiary/aromatic N) is 3. The molecule has 0 aliphatic heterocycles. The fourth-order valence-electron chi connectivity index (χ4n) is 5.67. The Morgan fingerprint density at radius 3 is 1.77 bits per heavy atom. The SMILES string of the molecule is COOc1cccc(C(=O)N(CCCN(CCCn2c(=O)oc3c(OC(=O)OC)cccc3c2=O)C(=O)c2cccc(OC(=O)OC)c2OOC)CC(N)=O)c1OC(=O)OC. The van der Waals surface area contributed by atoms with Gasteiger partial charge in [-0.2, -0.15) is 9.78 Å². The fourth-order valence-corrected chi connectivity index (χ4v) is 5.67. The molecule has 1 aromatic heterocycles. The van der Waals surface area contributed by atoms with Crippen LogP contribution in [-0.4, -0.2) is 112 Å². The molecule has 61 heavy (non-hydrogen) atoms. The van der Waals surface area contributed by atoms with Crippen LogP contribution in [0.1, 0.15) is 33.6 Å². The van der Waals surface area contributed by atoms with Crippen LogP contribution < -0.4 is 41.0 Å². The minimum absolute atomic E-state index is 0.0356. The molecule has 3 aromatic carbocycles. The van der Waals surface area contributed by atoms with E-state index in [1.54, 1.807) is 0 Å². The molecule has 0 spiro atoms. The Bertz CT molecular complexity index is 2380. The first-order chi connectivity index (χ1) is 29.3. The number of primary amides is 1. The van der Waals surface area contributed by atoms with Gasteiger partial charge in [-0.1, -0.05) is 18.2 Å². The van der Waals surface area contributed by atoms with Crippen molar-refractivity contribution in [2.24, 2.45) is 5.73 Å². The van der Waals surface area contributed by atoms with Crippen LogP contribution in [0.5, 0.6) is 28.7 Å². The van der Waals surface area contributed by atoms with E-state index >= 15 is 0 Å². The Labute approximate surface area is 344 Å². The highest BCUT2D eigenvalue weighted by Crippen LogP contribution is 2.34. The highest BCUT2D eigenvalue weighted by atomic mass is 17.2. The lowest BCUT2D eigenvalue weighted by Gasteiger charge is -2.27. The third kappa shape index (κ3) is 11.7. The molecule has 0 aliphatic rings. The monoisotopic (exact) mass is 856 g/mol. The minimum Gasteiger partial charge on any atom is -0.437 e. The summed E-state index contributed by atoms with van der Waals surface area (Å²) in [5, 5.41) is -0.101. The molecule has 4 aromatic rings. The maximum absolute atomic E-state index is 14.3. The molecule has 2 N–H and O–H groups in total. The molecule has 0 saturated heterocycles. The molecule has 0 aliphatic carbocycles. The van der Waals surface area contributed by atoms with Crippen molar-refractivity contribution in [1.29, 1.82) is 0 Å². The number of ether oxygens (including phenoxy) is 6. The summed E-state index contributed by atoms with van der Waals surface area (Å²) < 4.78 is 35.0. The molecule has 0 saturated carbocycles. The molecule has 0 fully saturated rings. The van der Waals surface area contributed by atoms with Crippen LogP contribution in [0.15, 0.2) is 68.6 Å². The molecule has 0 radical (unpaired) electrons. The van der Waals surface area contributed by atoms with Crippen molar-refractivity contribution < 1.29 is 81.2 Å². The smallest absolute Gasteiger partial charge is 0.437 e. The molecule has 0 bridgehead atoms. The van der Waals surface area contributed by atoms with E-state index in [4.69, 9.17) is 39.0 Å². The number of rotatable bonds is 19. The van der Waals surface area contributed by atoms with Gasteiger partial charge in [-0.25, -0.2) is 23.7 Å². The molecule has 326 valence electrons. The van der Waals surface area contributed by atoms with Gasteiger partial charge < -0.3 is 58.1 Å². The Morgan fingerprint density at radius 1 is 0.623 bits per heavy atom. The van der Waals surface area contributed by atoms with Gasteiger partial charge in [0.05, 0.1) is 58.6 Å². The average Bonchev–Trinajstić information content (AvgIpc) is 3.24. The summed E-state index contributed by atoms with van der Waals surface area (Å²) in [7, 11) is 5.48. The van der Waals surface area contributed by atoms with Gasteiger partial charge in [0.15, 0.2) is 22.8 Å². The van der Waals surface area contributed by atoms with Gasteiger partial charge in [-0.05, 0) is 49.2 Å². The predicted octanol–water partition coefficient (Wildman–Crippen LogP) is 2.82. The van der Waals surface area contributed by atoms with E-state index in [-0.39, 0.29) is 84.1 Å². The minimum atomic E-state index is -1.20. The normalized spacial score (nSPS) is 10.6. The highest BCUT2D eigenvalue weighted by Gasteiger charge is 2.28. The van der Waals surface area contributed by atoms with Crippen LogP contribution in [-0.2, 0) is 35.3 Å². The van der Waals surface area contributed by atoms with Crippen molar-refractivity contribution in [3.8, 4) is 28.7 Å². The van der Waals surface area contributed by atoms with Crippen LogP contribution in [0, 0.1) is 0 Å². The van der Waals surface area contributed by atoms with Gasteiger partial charge in [-0.15, -0.1) is 0 Å². The Hall–Kier alpha value is -7.66. The van der Waals surface area contributed by atoms with Crippen LogP contribution >= 0.6 is 0 Å². The van der Waals surface area contributed by atoms with Crippen LogP contribution in [0.25, 0.3) is 11.0 Å². The van der Waals surface area contributed by atoms with E-state index in [0.29, 0.717) is 0 Å². The number of benzene rings is 3. The predicted molar refractivity (Wildman–Crippen MR) is 204 cm³/mol. The van der Waals surface area contributed by atoms with E-state index in [0.717, 1.165) is 37.9 Å². The van der Waals surface area contributed by atoms with Crippen molar-refractivity contribution in [2.75, 3.05) is 61.7 Å². The second kappa shape index (κ2) is 21.9. The largest absolute Gasteiger partial charge is 0.513 e. The van der Waals surface area contributed by atoms with E-state index < -0.39 is 59.8 Å². The molecule has 23 heteroatoms. The topological polar surface area (TPSA) is 279 Å². The first kappa shape index (κ1) is 46.0. The van der Waals surface area contributed by atoms with E-state index in [2.05, 4.69) is 19.1 Å². The lowest BCUT2D eigenvalue weighted by Crippen LogP contribution is -2.41. The number of fused-ring (bicyclic) bond motifs is 1. The molecular weight excluding hydrogens is 816 g/mol. The number of para-hydroxylation sites is 3. The number of carbonyl (C=O) groups excluding carboxylic acids is 6. The van der Waals surface area contributed by atoms with Gasteiger partial charge in [-0.3, -0.25) is 19.2 Å². The van der Waals surface area contributed by atoms with Crippen molar-refractivity contribution in [3.05, 3.63) is 86.6 Å². The second-order valence-electron chi connectivity index (χ2n) is 12.1. The Kier molecular flexibility index (Phi) is 16.5. The van der Waals surface area contributed by atoms with Gasteiger partial charge in [0.1, 0.15) is 0 Å². The summed E-state index contributed by atoms with van der Waals surface area (Å²) in [5.41, 5.74) is 3.98. The van der Waals surface area contributed by atoms with Crippen molar-refractivity contribution in [2.45, 2.75) is 19.4 Å². The lowest BCUT2D eigenvalue weighted by molar-refractivity contribution is -0.179. The summed E-state index contributed by atoms with van der Waals surface area (Å²) in [4.78, 5) is 125. The number of amides is 3. The summed E-state index contributed by atoms with van der Waals surface area (Å²) in [5.74, 6) is -4.98. The van der Waals surface area contributed by atoms with Gasteiger partial charge in [0.25, 0.3) is 17.4 Å². The maximum atomic E-state index is 14.3. The number of nitrogens with two attached hydrogens (primary N) is 1. The summed E-state index contributed by atoms with van der Waals surface area (Å²) in [6, 6.07) is 12.1. The second-order valence-corrected chi connectivity index (χ2v) is 12.1. The summed E-state index contributed by atoms with van der Waals surface area (Å²) >= 11 is 0. The molecule has 0 unspecified atom stereocenters. The van der Waals surface area contributed by atoms with Crippen LogP contribution in [0.4, 0.5) is 14.4 Å². The Balaban J connectivity index is 1.67. The molecule has 23 nitrogen and oxygen atoms in total. The zero-order chi connectivity index (χ0) is 44.6. The zero-order valence-corrected chi connectivity index (χ0v) is 33.3. The molecule has 1 heterocycles. The standard InChI is InChI=1S/C38H40N4O19/c1-51-36(48)56-25-14-6-12-23-29(25)58-35(47)42(34(23)46)20-10-18-40(32(44)24-13-7-15-26(31(24)61-55-5)57-37(49)52-2)17-9-19-41(21-28(39)43)33(45)22-11-8-16-27(60-54-4)30(22)59-38(50)53-3/h6-8,11-16H,9-10,17-21H2,1-5H3,(H2,39,43). The lowest BCUT2D eigenvalue weighted by atomic mass is 10.1. The molecular formula is C38H40N4O19. The quantitative estimate of drug-likeness (QED) is 0.0466. The van der Waals surface area contributed by atoms with E-state index in [1.165, 1.54) is 66.6 Å². The Morgan fingerprint density at radius 2 is 1.15 bits per heavy atom. The first-order valence-corrected chi connectivity index (χ1v) is 17.8. The van der Waals surface area contributed by atoms with Gasteiger partial charge in [0, 0.05) is 26.2 Å². The average molecular weight is 857 g/mol. The molecule has 3 amide bonds. The van der Waals surface area contributed by atoms with Crippen molar-refractivity contribution >= 4 is 47.2 Å². The number of hydrogen-bond acceptors (Lipinski definition) is 19. The highest BCUT2D eigenvalue weighted by molar-refractivity contribution is 6.00. The number of hydrogen-bond donors (Lipinski definition) is 1. The van der Waals surface area contributed by atoms with Crippen LogP contribution in [0.3, 0.4) is 0 Å². The van der Waals surface area contributed by atoms with Crippen molar-refractivity contribution in [3.63, 3.8) is 0 Å².